The first-order valence-corrected chi connectivity index (χ1v) is 17.0. The maximum Gasteiger partial charge on any atom is 0.255 e. The van der Waals surface area contributed by atoms with Gasteiger partial charge in [0.2, 0.25) is 5.78 Å². The van der Waals surface area contributed by atoms with Crippen LogP contribution in [0.2, 0.25) is 0 Å². The van der Waals surface area contributed by atoms with Crippen molar-refractivity contribution in [3.63, 3.8) is 0 Å². The van der Waals surface area contributed by atoms with Crippen molar-refractivity contribution in [1.29, 1.82) is 0 Å². The predicted octanol–water partition coefficient (Wildman–Crippen LogP) is 0.582. The molecular formula is C35H41N3O12. The summed E-state index contributed by atoms with van der Waals surface area (Å²) in [6.07, 6.45) is -4.29. The number of rotatable bonds is 5. The molecule has 4 saturated heterocycles. The standard InChI is InChI=1S/C35H41N3O12/c1-16-31-19(38-11-12-47-33(46-3)32(38)50-31)13-22(48-16)49-21-15-35(44,34(43)37-9-7-36-8-10-37)14-18-24(21)30(42)26-25(28(18)40)27(39)17-5-4-6-20(45-2)23(17)29(26)41/h4-6,16,19,21-22,31-33,36,40,42,44H,7-15H2,1-3H3/t16-,19-,21-,22-,31+,32+,33-,35-/m0/s1. The maximum absolute atomic E-state index is 14.1. The third-order valence-corrected chi connectivity index (χ3v) is 11.0. The highest BCUT2D eigenvalue weighted by Crippen LogP contribution is 2.53. The number of ether oxygens (including phenoxy) is 6. The van der Waals surface area contributed by atoms with Gasteiger partial charge in [0, 0.05) is 81.8 Å². The van der Waals surface area contributed by atoms with Crippen LogP contribution in [0.25, 0.3) is 0 Å². The molecule has 0 saturated carbocycles. The first-order chi connectivity index (χ1) is 24.1. The zero-order valence-corrected chi connectivity index (χ0v) is 28.0. The van der Waals surface area contributed by atoms with Crippen molar-refractivity contribution in [2.45, 2.75) is 74.9 Å². The van der Waals surface area contributed by atoms with Crippen molar-refractivity contribution in [1.82, 2.24) is 15.1 Å². The number of aromatic hydroxyl groups is 2. The van der Waals surface area contributed by atoms with Gasteiger partial charge in [0.05, 0.1) is 42.6 Å². The van der Waals surface area contributed by atoms with Gasteiger partial charge in [-0.05, 0) is 13.0 Å². The number of benzene rings is 2. The van der Waals surface area contributed by atoms with Gasteiger partial charge in [-0.3, -0.25) is 19.3 Å². The summed E-state index contributed by atoms with van der Waals surface area (Å²) in [5, 5.41) is 39.2. The number of hydrogen-bond donors (Lipinski definition) is 4. The number of nitrogens with zero attached hydrogens (tertiary/aromatic N) is 2. The average Bonchev–Trinajstić information content (AvgIpc) is 3.51. The van der Waals surface area contributed by atoms with Gasteiger partial charge in [0.1, 0.15) is 29.0 Å². The molecule has 50 heavy (non-hydrogen) atoms. The van der Waals surface area contributed by atoms with Crippen LogP contribution in [0.1, 0.15) is 68.8 Å². The number of phenolic OH excluding ortho intramolecular Hbond substituents is 2. The third kappa shape index (κ3) is 5.05. The van der Waals surface area contributed by atoms with Crippen LogP contribution in [0.15, 0.2) is 18.2 Å². The lowest BCUT2D eigenvalue weighted by atomic mass is 9.72. The molecule has 6 aliphatic rings. The van der Waals surface area contributed by atoms with Crippen molar-refractivity contribution in [2.24, 2.45) is 0 Å². The number of nitrogens with one attached hydrogen (secondary N) is 1. The fourth-order valence-electron chi connectivity index (χ4n) is 8.66. The van der Waals surface area contributed by atoms with E-state index < -0.39 is 77.6 Å². The Labute approximate surface area is 287 Å². The topological polar surface area (TPSA) is 186 Å². The molecule has 1 amide bonds. The second-order valence-electron chi connectivity index (χ2n) is 13.7. The Bertz CT molecular complexity index is 1750. The van der Waals surface area contributed by atoms with Crippen LogP contribution in [-0.4, -0.2) is 139 Å². The molecule has 0 aromatic heterocycles. The molecule has 8 atom stereocenters. The molecule has 4 fully saturated rings. The molecule has 4 N–H and O–H groups in total. The minimum absolute atomic E-state index is 0.00215. The molecule has 4 heterocycles. The first-order valence-electron chi connectivity index (χ1n) is 17.0. The van der Waals surface area contributed by atoms with Gasteiger partial charge < -0.3 is 54.0 Å². The summed E-state index contributed by atoms with van der Waals surface area (Å²) < 4.78 is 35.9. The van der Waals surface area contributed by atoms with Crippen LogP contribution in [0.4, 0.5) is 0 Å². The normalized spacial score (nSPS) is 33.6. The quantitative estimate of drug-likeness (QED) is 0.272. The molecule has 0 bridgehead atoms. The smallest absolute Gasteiger partial charge is 0.255 e. The molecule has 0 unspecified atom stereocenters. The molecule has 2 aliphatic carbocycles. The van der Waals surface area contributed by atoms with Crippen LogP contribution < -0.4 is 10.1 Å². The van der Waals surface area contributed by atoms with Gasteiger partial charge in [-0.15, -0.1) is 0 Å². The molecule has 0 spiro atoms. The fourth-order valence-corrected chi connectivity index (χ4v) is 8.66. The van der Waals surface area contributed by atoms with Gasteiger partial charge in [-0.2, -0.15) is 0 Å². The van der Waals surface area contributed by atoms with Crippen LogP contribution in [0, 0.1) is 0 Å². The number of fused-ring (bicyclic) bond motifs is 6. The van der Waals surface area contributed by atoms with Crippen molar-refractivity contribution in [2.75, 3.05) is 53.6 Å². The highest BCUT2D eigenvalue weighted by molar-refractivity contribution is 6.31. The van der Waals surface area contributed by atoms with E-state index in [0.29, 0.717) is 45.8 Å². The zero-order chi connectivity index (χ0) is 35.1. The highest BCUT2D eigenvalue weighted by Gasteiger charge is 2.55. The van der Waals surface area contributed by atoms with E-state index in [0.717, 1.165) is 0 Å². The molecule has 4 aliphatic heterocycles. The number of ketones is 2. The van der Waals surface area contributed by atoms with Gasteiger partial charge in [0.25, 0.3) is 5.91 Å². The lowest BCUT2D eigenvalue weighted by molar-refractivity contribution is -0.256. The number of piperazine rings is 1. The second kappa shape index (κ2) is 12.5. The maximum atomic E-state index is 14.1. The van der Waals surface area contributed by atoms with Gasteiger partial charge in [-0.1, -0.05) is 12.1 Å². The average molecular weight is 696 g/mol. The van der Waals surface area contributed by atoms with Crippen LogP contribution in [0.5, 0.6) is 17.2 Å². The fraction of sp³-hybridized carbons (Fsp3) is 0.571. The van der Waals surface area contributed by atoms with Crippen LogP contribution >= 0.6 is 0 Å². The van der Waals surface area contributed by atoms with E-state index in [-0.39, 0.29) is 52.1 Å². The molecule has 0 radical (unpaired) electrons. The lowest BCUT2D eigenvalue weighted by Crippen LogP contribution is -2.58. The van der Waals surface area contributed by atoms with Crippen molar-refractivity contribution < 1.29 is 58.1 Å². The van der Waals surface area contributed by atoms with E-state index >= 15 is 0 Å². The molecular weight excluding hydrogens is 654 g/mol. The Morgan fingerprint density at radius 3 is 2.52 bits per heavy atom. The predicted molar refractivity (Wildman–Crippen MR) is 171 cm³/mol. The van der Waals surface area contributed by atoms with Gasteiger partial charge >= 0.3 is 0 Å². The number of hydrogen-bond acceptors (Lipinski definition) is 14. The van der Waals surface area contributed by atoms with E-state index in [9.17, 15) is 29.7 Å². The Balaban J connectivity index is 1.20. The number of morpholine rings is 1. The molecule has 268 valence electrons. The number of phenols is 2. The highest BCUT2D eigenvalue weighted by atomic mass is 16.7. The summed E-state index contributed by atoms with van der Waals surface area (Å²) in [6.45, 7) is 4.72. The van der Waals surface area contributed by atoms with E-state index in [4.69, 9.17) is 28.4 Å². The zero-order valence-electron chi connectivity index (χ0n) is 28.0. The number of carbonyl (C=O) groups is 3. The number of carbonyl (C=O) groups excluding carboxylic acids is 3. The van der Waals surface area contributed by atoms with Crippen molar-refractivity contribution in [3.05, 3.63) is 51.6 Å². The molecule has 15 heteroatoms. The summed E-state index contributed by atoms with van der Waals surface area (Å²) in [4.78, 5) is 45.7. The summed E-state index contributed by atoms with van der Waals surface area (Å²) in [5.74, 6) is -2.98. The van der Waals surface area contributed by atoms with E-state index in [1.54, 1.807) is 18.1 Å². The van der Waals surface area contributed by atoms with Crippen LogP contribution in [0.3, 0.4) is 0 Å². The lowest BCUT2D eigenvalue weighted by Gasteiger charge is -2.44. The minimum Gasteiger partial charge on any atom is -0.507 e. The molecule has 2 aromatic carbocycles. The van der Waals surface area contributed by atoms with Crippen LogP contribution in [-0.2, 0) is 34.9 Å². The first kappa shape index (κ1) is 33.5. The Morgan fingerprint density at radius 1 is 1.02 bits per heavy atom. The molecule has 2 aromatic rings. The summed E-state index contributed by atoms with van der Waals surface area (Å²) in [7, 11) is 2.93. The third-order valence-electron chi connectivity index (χ3n) is 11.0. The van der Waals surface area contributed by atoms with Crippen molar-refractivity contribution in [3.8, 4) is 17.2 Å². The summed E-state index contributed by atoms with van der Waals surface area (Å²) in [5.41, 5.74) is -2.92. The minimum atomic E-state index is -2.07. The second-order valence-corrected chi connectivity index (χ2v) is 13.7. The summed E-state index contributed by atoms with van der Waals surface area (Å²) >= 11 is 0. The SMILES string of the molecule is COc1cccc2c1C(=O)c1c(O)c3c(c(O)c1C2=O)C[C@@](O)(C(=O)N1CCNCC1)C[C@@H]3O[C@H]1C[C@H]2[C@H](O[C@@H]3[C@@H](OC)OCCN32)[C@H](C)O1. The number of methoxy groups -OCH3 is 2. The summed E-state index contributed by atoms with van der Waals surface area (Å²) in [6, 6.07) is 4.39. The molecule has 15 nitrogen and oxygen atoms in total. The Hall–Kier alpha value is -3.67. The van der Waals surface area contributed by atoms with Gasteiger partial charge in [-0.25, -0.2) is 0 Å². The molecule has 8 rings (SSSR count). The van der Waals surface area contributed by atoms with Gasteiger partial charge in [0.15, 0.2) is 24.6 Å². The number of aliphatic hydroxyl groups is 1. The van der Waals surface area contributed by atoms with Crippen molar-refractivity contribution >= 4 is 17.5 Å². The number of amides is 1. The Morgan fingerprint density at radius 2 is 1.78 bits per heavy atom. The Kier molecular flexibility index (Phi) is 8.39. The van der Waals surface area contributed by atoms with E-state index in [2.05, 4.69) is 10.2 Å². The van der Waals surface area contributed by atoms with E-state index in [1.165, 1.54) is 19.2 Å². The largest absolute Gasteiger partial charge is 0.507 e. The van der Waals surface area contributed by atoms with E-state index in [1.807, 2.05) is 6.92 Å². The monoisotopic (exact) mass is 695 g/mol.